The van der Waals surface area contributed by atoms with Gasteiger partial charge in [0.25, 0.3) is 5.91 Å². The van der Waals surface area contributed by atoms with Crippen LogP contribution in [-0.4, -0.2) is 11.2 Å². The van der Waals surface area contributed by atoms with Gasteiger partial charge in [0, 0.05) is 5.25 Å². The fourth-order valence-corrected chi connectivity index (χ4v) is 1.87. The molecule has 0 aromatic rings. The van der Waals surface area contributed by atoms with Crippen LogP contribution in [0.25, 0.3) is 0 Å². The van der Waals surface area contributed by atoms with Crippen LogP contribution < -0.4 is 5.73 Å². The maximum absolute atomic E-state index is 11.1. The summed E-state index contributed by atoms with van der Waals surface area (Å²) in [4.78, 5) is 11.8. The standard InChI is InChI=1S/C11H21NOS/c1-6-7-9(10(12)13)14-8(2)11(3,4)5/h7-8H,6H2,1-5H3,(H2,12,13)/b9-7-. The number of carbonyl (C=O) groups excluding carboxylic acids is 1. The van der Waals surface area contributed by atoms with Gasteiger partial charge in [-0.3, -0.25) is 4.79 Å². The minimum atomic E-state index is -0.312. The Balaban J connectivity index is 4.47. The van der Waals surface area contributed by atoms with Crippen molar-refractivity contribution in [3.05, 3.63) is 11.0 Å². The van der Waals surface area contributed by atoms with Crippen molar-refractivity contribution in [2.75, 3.05) is 0 Å². The Hall–Kier alpha value is -0.440. The first kappa shape index (κ1) is 13.6. The molecule has 1 amide bonds. The molecular formula is C11H21NOS. The normalized spacial score (nSPS) is 15.4. The third kappa shape index (κ3) is 4.70. The molecule has 0 aromatic heterocycles. The van der Waals surface area contributed by atoms with E-state index in [1.165, 1.54) is 0 Å². The fraction of sp³-hybridized carbons (Fsp3) is 0.727. The van der Waals surface area contributed by atoms with Crippen LogP contribution in [0.1, 0.15) is 41.0 Å². The van der Waals surface area contributed by atoms with Gasteiger partial charge in [-0.15, -0.1) is 11.8 Å². The monoisotopic (exact) mass is 215 g/mol. The number of carbonyl (C=O) groups is 1. The Bertz CT molecular complexity index is 228. The number of primary amides is 1. The quantitative estimate of drug-likeness (QED) is 0.733. The zero-order valence-electron chi connectivity index (χ0n) is 9.76. The van der Waals surface area contributed by atoms with E-state index in [1.54, 1.807) is 11.8 Å². The van der Waals surface area contributed by atoms with Crippen molar-refractivity contribution in [3.63, 3.8) is 0 Å². The molecule has 0 heterocycles. The molecule has 0 aliphatic heterocycles. The van der Waals surface area contributed by atoms with Crippen LogP contribution in [0.15, 0.2) is 11.0 Å². The Morgan fingerprint density at radius 2 is 2.00 bits per heavy atom. The van der Waals surface area contributed by atoms with Crippen LogP contribution in [-0.2, 0) is 4.79 Å². The van der Waals surface area contributed by atoms with Crippen molar-refractivity contribution < 1.29 is 4.79 Å². The predicted octanol–water partition coefficient (Wildman–Crippen LogP) is 2.93. The first-order valence-electron chi connectivity index (χ1n) is 4.95. The van der Waals surface area contributed by atoms with Crippen LogP contribution in [0.4, 0.5) is 0 Å². The number of nitrogens with two attached hydrogens (primary N) is 1. The second kappa shape index (κ2) is 5.44. The number of thioether (sulfide) groups is 1. The molecule has 3 heteroatoms. The molecule has 0 radical (unpaired) electrons. The van der Waals surface area contributed by atoms with E-state index in [-0.39, 0.29) is 11.3 Å². The zero-order chi connectivity index (χ0) is 11.4. The lowest BCUT2D eigenvalue weighted by atomic mass is 9.93. The van der Waals surface area contributed by atoms with Gasteiger partial charge in [-0.1, -0.05) is 40.7 Å². The third-order valence-corrected chi connectivity index (χ3v) is 3.84. The minimum Gasteiger partial charge on any atom is -0.365 e. The van der Waals surface area contributed by atoms with Gasteiger partial charge < -0.3 is 5.73 Å². The molecule has 1 atom stereocenters. The molecule has 0 aromatic carbocycles. The Labute approximate surface area is 91.3 Å². The molecule has 2 nitrogen and oxygen atoms in total. The molecule has 0 rings (SSSR count). The van der Waals surface area contributed by atoms with Gasteiger partial charge in [-0.05, 0) is 11.8 Å². The lowest BCUT2D eigenvalue weighted by molar-refractivity contribution is -0.113. The molecule has 82 valence electrons. The number of amides is 1. The van der Waals surface area contributed by atoms with Crippen LogP contribution in [0.2, 0.25) is 0 Å². The van der Waals surface area contributed by atoms with E-state index in [2.05, 4.69) is 27.7 Å². The van der Waals surface area contributed by atoms with Gasteiger partial charge in [0.2, 0.25) is 0 Å². The average molecular weight is 215 g/mol. The second-order valence-corrected chi connectivity index (χ2v) is 5.85. The zero-order valence-corrected chi connectivity index (χ0v) is 10.6. The fourth-order valence-electron chi connectivity index (χ4n) is 0.759. The summed E-state index contributed by atoms with van der Waals surface area (Å²) in [6.45, 7) is 10.6. The molecule has 0 fully saturated rings. The Morgan fingerprint density at radius 3 is 2.29 bits per heavy atom. The summed E-state index contributed by atoms with van der Waals surface area (Å²) in [6, 6.07) is 0. The molecule has 0 saturated heterocycles. The summed E-state index contributed by atoms with van der Waals surface area (Å²) in [5.41, 5.74) is 5.47. The molecule has 0 bridgehead atoms. The largest absolute Gasteiger partial charge is 0.365 e. The summed E-state index contributed by atoms with van der Waals surface area (Å²) >= 11 is 1.57. The van der Waals surface area contributed by atoms with E-state index in [4.69, 9.17) is 5.73 Å². The van der Waals surface area contributed by atoms with Crippen molar-refractivity contribution in [2.45, 2.75) is 46.3 Å². The van der Waals surface area contributed by atoms with Gasteiger partial charge in [0.1, 0.15) is 0 Å². The molecular weight excluding hydrogens is 194 g/mol. The Morgan fingerprint density at radius 1 is 1.50 bits per heavy atom. The van der Waals surface area contributed by atoms with Crippen molar-refractivity contribution in [3.8, 4) is 0 Å². The molecule has 0 aliphatic rings. The molecule has 0 saturated carbocycles. The molecule has 0 spiro atoms. The third-order valence-electron chi connectivity index (χ3n) is 2.16. The van der Waals surface area contributed by atoms with Crippen LogP contribution in [0, 0.1) is 5.41 Å². The first-order chi connectivity index (χ1) is 6.29. The van der Waals surface area contributed by atoms with Crippen molar-refractivity contribution in [2.24, 2.45) is 11.1 Å². The average Bonchev–Trinajstić information content (AvgIpc) is 2.01. The molecule has 0 aliphatic carbocycles. The predicted molar refractivity (Wildman–Crippen MR) is 64.1 cm³/mol. The van der Waals surface area contributed by atoms with E-state index < -0.39 is 0 Å². The van der Waals surface area contributed by atoms with E-state index in [9.17, 15) is 4.79 Å². The van der Waals surface area contributed by atoms with Gasteiger partial charge in [-0.2, -0.15) is 0 Å². The topological polar surface area (TPSA) is 43.1 Å². The second-order valence-electron chi connectivity index (χ2n) is 4.47. The number of hydrogen-bond donors (Lipinski definition) is 1. The van der Waals surface area contributed by atoms with E-state index >= 15 is 0 Å². The Kier molecular flexibility index (Phi) is 5.27. The summed E-state index contributed by atoms with van der Waals surface area (Å²) in [5, 5.41) is 0.382. The highest BCUT2D eigenvalue weighted by Gasteiger charge is 2.22. The lowest BCUT2D eigenvalue weighted by Crippen LogP contribution is -2.22. The maximum Gasteiger partial charge on any atom is 0.254 e. The smallest absolute Gasteiger partial charge is 0.254 e. The molecule has 14 heavy (non-hydrogen) atoms. The summed E-state index contributed by atoms with van der Waals surface area (Å²) in [7, 11) is 0. The van der Waals surface area contributed by atoms with Crippen LogP contribution in [0.5, 0.6) is 0 Å². The minimum absolute atomic E-state index is 0.187. The summed E-state index contributed by atoms with van der Waals surface area (Å²) in [6.07, 6.45) is 2.75. The van der Waals surface area contributed by atoms with Crippen LogP contribution >= 0.6 is 11.8 Å². The van der Waals surface area contributed by atoms with Crippen LogP contribution in [0.3, 0.4) is 0 Å². The highest BCUT2D eigenvalue weighted by atomic mass is 32.2. The van der Waals surface area contributed by atoms with Gasteiger partial charge in [0.15, 0.2) is 0 Å². The lowest BCUT2D eigenvalue weighted by Gasteiger charge is -2.26. The molecule has 2 N–H and O–H groups in total. The first-order valence-corrected chi connectivity index (χ1v) is 5.83. The van der Waals surface area contributed by atoms with E-state index in [0.717, 1.165) is 6.42 Å². The highest BCUT2D eigenvalue weighted by molar-refractivity contribution is 8.04. The SMILES string of the molecule is CC/C=C(\SC(C)C(C)(C)C)C(N)=O. The van der Waals surface area contributed by atoms with Gasteiger partial charge >= 0.3 is 0 Å². The summed E-state index contributed by atoms with van der Waals surface area (Å²) < 4.78 is 0. The van der Waals surface area contributed by atoms with Crippen molar-refractivity contribution in [1.29, 1.82) is 0 Å². The number of rotatable bonds is 4. The summed E-state index contributed by atoms with van der Waals surface area (Å²) in [5.74, 6) is -0.312. The molecule has 1 unspecified atom stereocenters. The number of allylic oxidation sites excluding steroid dienone is 1. The maximum atomic E-state index is 11.1. The van der Waals surface area contributed by atoms with Crippen molar-refractivity contribution >= 4 is 17.7 Å². The van der Waals surface area contributed by atoms with Gasteiger partial charge in [0.05, 0.1) is 4.91 Å². The van der Waals surface area contributed by atoms with Gasteiger partial charge in [-0.25, -0.2) is 0 Å². The van der Waals surface area contributed by atoms with Crippen molar-refractivity contribution in [1.82, 2.24) is 0 Å². The van der Waals surface area contributed by atoms with E-state index in [0.29, 0.717) is 10.2 Å². The number of hydrogen-bond acceptors (Lipinski definition) is 2. The highest BCUT2D eigenvalue weighted by Crippen LogP contribution is 2.34. The van der Waals surface area contributed by atoms with E-state index in [1.807, 2.05) is 13.0 Å².